The molecule has 1 aliphatic rings. The third-order valence-corrected chi connectivity index (χ3v) is 4.26. The molecule has 0 aromatic heterocycles. The van der Waals surface area contributed by atoms with Crippen molar-refractivity contribution in [3.63, 3.8) is 0 Å². The van der Waals surface area contributed by atoms with E-state index in [-0.39, 0.29) is 17.9 Å². The zero-order chi connectivity index (χ0) is 17.0. The van der Waals surface area contributed by atoms with Crippen LogP contribution < -0.4 is 10.1 Å². The van der Waals surface area contributed by atoms with Gasteiger partial charge in [0.15, 0.2) is 0 Å². The van der Waals surface area contributed by atoms with E-state index in [2.05, 4.69) is 5.32 Å². The molecule has 0 aliphatic heterocycles. The standard InChI is InChI=1S/C18H26ClNO3/c1-18(2,3)23-17(21)14-6-5-7-15(14)20-11-12-8-9-13(19)10-16(12)22-4/h8-10,14-15,20H,5-7,11H2,1-4H3. The average Bonchev–Trinajstić information content (AvgIpc) is 2.92. The molecule has 1 aromatic rings. The lowest BCUT2D eigenvalue weighted by Gasteiger charge is -2.25. The van der Waals surface area contributed by atoms with Crippen molar-refractivity contribution in [1.82, 2.24) is 5.32 Å². The fraction of sp³-hybridized carbons (Fsp3) is 0.611. The molecule has 2 atom stereocenters. The molecule has 1 N–H and O–H groups in total. The Hall–Kier alpha value is -1.26. The number of halogens is 1. The first kappa shape index (κ1) is 18.1. The molecule has 1 fully saturated rings. The molecule has 0 spiro atoms. The van der Waals surface area contributed by atoms with Gasteiger partial charge in [0.05, 0.1) is 13.0 Å². The van der Waals surface area contributed by atoms with Crippen LogP contribution in [0, 0.1) is 5.92 Å². The summed E-state index contributed by atoms with van der Waals surface area (Å²) in [5, 5.41) is 4.14. The lowest BCUT2D eigenvalue weighted by Crippen LogP contribution is -2.39. The van der Waals surface area contributed by atoms with Gasteiger partial charge >= 0.3 is 5.97 Å². The molecule has 2 unspecified atom stereocenters. The van der Waals surface area contributed by atoms with Crippen LogP contribution in [0.1, 0.15) is 45.6 Å². The molecule has 4 nitrogen and oxygen atoms in total. The lowest BCUT2D eigenvalue weighted by molar-refractivity contribution is -0.160. The topological polar surface area (TPSA) is 47.6 Å². The van der Waals surface area contributed by atoms with Gasteiger partial charge in [-0.3, -0.25) is 4.79 Å². The molecule has 1 aromatic carbocycles. The molecule has 0 amide bonds. The predicted octanol–water partition coefficient (Wildman–Crippen LogP) is 3.95. The van der Waals surface area contributed by atoms with Crippen LogP contribution in [-0.4, -0.2) is 24.7 Å². The quantitative estimate of drug-likeness (QED) is 0.825. The van der Waals surface area contributed by atoms with E-state index in [1.807, 2.05) is 32.9 Å². The van der Waals surface area contributed by atoms with Gasteiger partial charge in [0.25, 0.3) is 0 Å². The molecule has 2 rings (SSSR count). The third-order valence-electron chi connectivity index (χ3n) is 4.03. The summed E-state index contributed by atoms with van der Waals surface area (Å²) in [4.78, 5) is 12.3. The fourth-order valence-electron chi connectivity index (χ4n) is 2.97. The average molecular weight is 340 g/mol. The number of esters is 1. The first-order valence-corrected chi connectivity index (χ1v) is 8.46. The second kappa shape index (κ2) is 7.54. The summed E-state index contributed by atoms with van der Waals surface area (Å²) >= 11 is 5.99. The number of ether oxygens (including phenoxy) is 2. The second-order valence-electron chi connectivity index (χ2n) is 7.01. The lowest BCUT2D eigenvalue weighted by atomic mass is 10.0. The Morgan fingerprint density at radius 2 is 2.09 bits per heavy atom. The molecule has 1 saturated carbocycles. The minimum atomic E-state index is -0.441. The number of rotatable bonds is 5. The monoisotopic (exact) mass is 339 g/mol. The predicted molar refractivity (Wildman–Crippen MR) is 91.8 cm³/mol. The zero-order valence-electron chi connectivity index (χ0n) is 14.3. The summed E-state index contributed by atoms with van der Waals surface area (Å²) in [7, 11) is 1.63. The smallest absolute Gasteiger partial charge is 0.311 e. The second-order valence-corrected chi connectivity index (χ2v) is 7.45. The van der Waals surface area contributed by atoms with Gasteiger partial charge in [0, 0.05) is 23.2 Å². The van der Waals surface area contributed by atoms with E-state index in [9.17, 15) is 4.79 Å². The van der Waals surface area contributed by atoms with Gasteiger partial charge in [0.2, 0.25) is 0 Å². The van der Waals surface area contributed by atoms with Crippen LogP contribution >= 0.6 is 11.6 Å². The summed E-state index contributed by atoms with van der Waals surface area (Å²) < 4.78 is 10.9. The SMILES string of the molecule is COc1cc(Cl)ccc1CNC1CCCC1C(=O)OC(C)(C)C. The molecular formula is C18H26ClNO3. The first-order chi connectivity index (χ1) is 10.8. The van der Waals surface area contributed by atoms with Crippen molar-refractivity contribution in [2.24, 2.45) is 5.92 Å². The number of hydrogen-bond acceptors (Lipinski definition) is 4. The highest BCUT2D eigenvalue weighted by atomic mass is 35.5. The Morgan fingerprint density at radius 1 is 1.35 bits per heavy atom. The summed E-state index contributed by atoms with van der Waals surface area (Å²) in [6.07, 6.45) is 2.91. The van der Waals surface area contributed by atoms with Crippen LogP contribution in [0.3, 0.4) is 0 Å². The normalized spacial score (nSPS) is 21.3. The van der Waals surface area contributed by atoms with Crippen molar-refractivity contribution in [2.45, 2.75) is 58.2 Å². The Balaban J connectivity index is 1.98. The van der Waals surface area contributed by atoms with E-state index in [0.717, 1.165) is 30.6 Å². The Labute approximate surface area is 143 Å². The molecule has 0 bridgehead atoms. The van der Waals surface area contributed by atoms with Crippen molar-refractivity contribution in [2.75, 3.05) is 7.11 Å². The molecule has 5 heteroatoms. The molecule has 0 heterocycles. The Bertz CT molecular complexity index is 554. The zero-order valence-corrected chi connectivity index (χ0v) is 15.1. The van der Waals surface area contributed by atoms with Gasteiger partial charge in [-0.2, -0.15) is 0 Å². The van der Waals surface area contributed by atoms with Crippen molar-refractivity contribution >= 4 is 17.6 Å². The van der Waals surface area contributed by atoms with E-state index >= 15 is 0 Å². The van der Waals surface area contributed by atoms with Gasteiger partial charge in [-0.05, 0) is 45.7 Å². The Kier molecular flexibility index (Phi) is 5.93. The molecular weight excluding hydrogens is 314 g/mol. The van der Waals surface area contributed by atoms with Crippen molar-refractivity contribution in [1.29, 1.82) is 0 Å². The number of benzene rings is 1. The number of carbonyl (C=O) groups excluding carboxylic acids is 1. The fourth-order valence-corrected chi connectivity index (χ4v) is 3.13. The van der Waals surface area contributed by atoms with Crippen LogP contribution in [0.4, 0.5) is 0 Å². The van der Waals surface area contributed by atoms with Gasteiger partial charge < -0.3 is 14.8 Å². The third kappa shape index (κ3) is 5.11. The van der Waals surface area contributed by atoms with Crippen LogP contribution in [0.5, 0.6) is 5.75 Å². The molecule has 1 aliphatic carbocycles. The minimum absolute atomic E-state index is 0.0764. The summed E-state index contributed by atoms with van der Waals surface area (Å²) in [6.45, 7) is 6.35. The highest BCUT2D eigenvalue weighted by Gasteiger charge is 2.35. The molecule has 0 radical (unpaired) electrons. The highest BCUT2D eigenvalue weighted by Crippen LogP contribution is 2.29. The number of nitrogens with one attached hydrogen (secondary N) is 1. The van der Waals surface area contributed by atoms with Gasteiger partial charge in [0.1, 0.15) is 11.4 Å². The van der Waals surface area contributed by atoms with Crippen LogP contribution in [0.25, 0.3) is 0 Å². The maximum absolute atomic E-state index is 12.3. The number of methoxy groups -OCH3 is 1. The van der Waals surface area contributed by atoms with Crippen LogP contribution in [0.15, 0.2) is 18.2 Å². The highest BCUT2D eigenvalue weighted by molar-refractivity contribution is 6.30. The summed E-state index contributed by atoms with van der Waals surface area (Å²) in [6, 6.07) is 5.75. The van der Waals surface area contributed by atoms with Gasteiger partial charge in [-0.15, -0.1) is 0 Å². The van der Waals surface area contributed by atoms with Crippen molar-refractivity contribution < 1.29 is 14.3 Å². The Morgan fingerprint density at radius 3 is 2.74 bits per heavy atom. The van der Waals surface area contributed by atoms with Gasteiger partial charge in [-0.25, -0.2) is 0 Å². The van der Waals surface area contributed by atoms with Crippen LogP contribution in [0.2, 0.25) is 5.02 Å². The van der Waals surface area contributed by atoms with Gasteiger partial charge in [-0.1, -0.05) is 24.1 Å². The number of carbonyl (C=O) groups is 1. The van der Waals surface area contributed by atoms with E-state index in [1.54, 1.807) is 13.2 Å². The largest absolute Gasteiger partial charge is 0.496 e. The first-order valence-electron chi connectivity index (χ1n) is 8.09. The number of hydrogen-bond donors (Lipinski definition) is 1. The van der Waals surface area contributed by atoms with E-state index < -0.39 is 5.60 Å². The van der Waals surface area contributed by atoms with E-state index in [1.165, 1.54) is 0 Å². The molecule has 0 saturated heterocycles. The molecule has 128 valence electrons. The van der Waals surface area contributed by atoms with E-state index in [0.29, 0.717) is 11.6 Å². The maximum Gasteiger partial charge on any atom is 0.311 e. The summed E-state index contributed by atoms with van der Waals surface area (Å²) in [5.41, 5.74) is 0.593. The van der Waals surface area contributed by atoms with Crippen molar-refractivity contribution in [3.8, 4) is 5.75 Å². The minimum Gasteiger partial charge on any atom is -0.496 e. The van der Waals surface area contributed by atoms with Crippen LogP contribution in [-0.2, 0) is 16.1 Å². The van der Waals surface area contributed by atoms with E-state index in [4.69, 9.17) is 21.1 Å². The maximum atomic E-state index is 12.3. The van der Waals surface area contributed by atoms with Crippen molar-refractivity contribution in [3.05, 3.63) is 28.8 Å². The molecule has 23 heavy (non-hydrogen) atoms. The summed E-state index contributed by atoms with van der Waals surface area (Å²) in [5.74, 6) is 0.583.